The average Bonchev–Trinajstić information content (AvgIpc) is 2.92. The van der Waals surface area contributed by atoms with Crippen LogP contribution in [0.4, 0.5) is 0 Å². The van der Waals surface area contributed by atoms with Crippen LogP contribution >= 0.6 is 0 Å². The molecule has 0 bridgehead atoms. The van der Waals surface area contributed by atoms with Gasteiger partial charge in [0.25, 0.3) is 0 Å². The summed E-state index contributed by atoms with van der Waals surface area (Å²) < 4.78 is 0. The van der Waals surface area contributed by atoms with Gasteiger partial charge >= 0.3 is 0 Å². The molecule has 0 radical (unpaired) electrons. The van der Waals surface area contributed by atoms with Gasteiger partial charge in [0.15, 0.2) is 11.6 Å². The number of ketones is 2. The van der Waals surface area contributed by atoms with E-state index in [1.54, 1.807) is 0 Å². The number of fused-ring (bicyclic) bond motifs is 5. The van der Waals surface area contributed by atoms with Crippen molar-refractivity contribution in [3.63, 3.8) is 0 Å². The molecule has 0 unspecified atom stereocenters. The number of Topliss-reactive ketones (excluding diaryl/α,β-unsaturated/α-hetero) is 1. The summed E-state index contributed by atoms with van der Waals surface area (Å²) >= 11 is 0. The van der Waals surface area contributed by atoms with E-state index in [-0.39, 0.29) is 10.8 Å². The highest BCUT2D eigenvalue weighted by atomic mass is 16.1. The molecule has 4 rings (SSSR count). The molecule has 0 aromatic heterocycles. The second-order valence-electron chi connectivity index (χ2n) is 9.06. The third-order valence-electron chi connectivity index (χ3n) is 8.16. The van der Waals surface area contributed by atoms with E-state index in [0.29, 0.717) is 29.8 Å². The zero-order valence-electron chi connectivity index (χ0n) is 15.4. The molecule has 2 heteroatoms. The molecule has 24 heavy (non-hydrogen) atoms. The van der Waals surface area contributed by atoms with E-state index in [0.717, 1.165) is 43.6 Å². The van der Waals surface area contributed by atoms with Crippen molar-refractivity contribution < 1.29 is 9.59 Å². The molecule has 0 aromatic carbocycles. The average molecular weight is 326 g/mol. The molecule has 2 fully saturated rings. The molecule has 4 aliphatic carbocycles. The molecule has 0 heterocycles. The van der Waals surface area contributed by atoms with Crippen LogP contribution < -0.4 is 0 Å². The molecular formula is C22H30O2. The summed E-state index contributed by atoms with van der Waals surface area (Å²) in [5.74, 6) is 2.76. The van der Waals surface area contributed by atoms with Gasteiger partial charge in [0, 0.05) is 12.8 Å². The Kier molecular flexibility index (Phi) is 3.67. The number of hydrogen-bond donors (Lipinski definition) is 0. The maximum absolute atomic E-state index is 12.4. The normalized spacial score (nSPS) is 44.1. The lowest BCUT2D eigenvalue weighted by molar-refractivity contribution is -0.119. The largest absolute Gasteiger partial charge is 0.295 e. The topological polar surface area (TPSA) is 34.1 Å². The number of allylic oxidation sites excluding steroid dienone is 4. The van der Waals surface area contributed by atoms with Gasteiger partial charge in [-0.15, -0.1) is 0 Å². The van der Waals surface area contributed by atoms with Gasteiger partial charge in [-0.05, 0) is 78.8 Å². The molecule has 130 valence electrons. The van der Waals surface area contributed by atoms with Gasteiger partial charge in [-0.3, -0.25) is 9.59 Å². The lowest BCUT2D eigenvalue weighted by Gasteiger charge is -2.57. The first-order valence-corrected chi connectivity index (χ1v) is 9.88. The third kappa shape index (κ3) is 2.07. The van der Waals surface area contributed by atoms with E-state index in [4.69, 9.17) is 0 Å². The summed E-state index contributed by atoms with van der Waals surface area (Å²) in [5, 5.41) is 0. The smallest absolute Gasteiger partial charge is 0.158 e. The first-order chi connectivity index (χ1) is 11.4. The van der Waals surface area contributed by atoms with Gasteiger partial charge in [-0.25, -0.2) is 0 Å². The molecule has 0 saturated heterocycles. The zero-order chi connectivity index (χ0) is 17.1. The van der Waals surface area contributed by atoms with Gasteiger partial charge in [-0.1, -0.05) is 32.4 Å². The Morgan fingerprint density at radius 1 is 1.12 bits per heavy atom. The van der Waals surface area contributed by atoms with Gasteiger partial charge in [0.05, 0.1) is 0 Å². The Labute approximate surface area is 145 Å². The predicted octanol–water partition coefficient (Wildman–Crippen LogP) is 5.03. The summed E-state index contributed by atoms with van der Waals surface area (Å²) in [7, 11) is 0. The van der Waals surface area contributed by atoms with Crippen molar-refractivity contribution in [3.8, 4) is 0 Å². The molecule has 2 nitrogen and oxygen atoms in total. The highest BCUT2D eigenvalue weighted by Crippen LogP contribution is 2.65. The fourth-order valence-electron chi connectivity index (χ4n) is 6.75. The Hall–Kier alpha value is -1.18. The monoisotopic (exact) mass is 326 g/mol. The number of carbonyl (C=O) groups is 2. The van der Waals surface area contributed by atoms with E-state index in [2.05, 4.69) is 19.9 Å². The second kappa shape index (κ2) is 5.41. The third-order valence-corrected chi connectivity index (χ3v) is 8.16. The van der Waals surface area contributed by atoms with Crippen LogP contribution in [0.1, 0.15) is 72.1 Å². The molecular weight excluding hydrogens is 296 g/mol. The van der Waals surface area contributed by atoms with Gasteiger partial charge in [-0.2, -0.15) is 0 Å². The van der Waals surface area contributed by atoms with Crippen molar-refractivity contribution >= 4 is 11.6 Å². The second-order valence-corrected chi connectivity index (χ2v) is 9.06. The van der Waals surface area contributed by atoms with Crippen LogP contribution in [0.3, 0.4) is 0 Å². The van der Waals surface area contributed by atoms with Crippen LogP contribution in [-0.2, 0) is 9.59 Å². The van der Waals surface area contributed by atoms with Crippen molar-refractivity contribution in [1.82, 2.24) is 0 Å². The Balaban J connectivity index is 1.66. The number of hydrogen-bond acceptors (Lipinski definition) is 2. The molecule has 0 N–H and O–H groups in total. The highest BCUT2D eigenvalue weighted by molar-refractivity contribution is 5.97. The summed E-state index contributed by atoms with van der Waals surface area (Å²) in [6, 6.07) is 0. The fourth-order valence-corrected chi connectivity index (χ4v) is 6.75. The van der Waals surface area contributed by atoms with E-state index < -0.39 is 0 Å². The van der Waals surface area contributed by atoms with Gasteiger partial charge < -0.3 is 0 Å². The molecule has 2 saturated carbocycles. The Morgan fingerprint density at radius 2 is 1.92 bits per heavy atom. The van der Waals surface area contributed by atoms with E-state index >= 15 is 0 Å². The SMILES string of the molecule is CCC(=O)C1=CC[C@H]2[C@@H]3CCC4=CC(=O)CC[C@]4(C)[C@H]3CC[C@]12C. The van der Waals surface area contributed by atoms with Crippen LogP contribution in [0, 0.1) is 28.6 Å². The van der Waals surface area contributed by atoms with Crippen LogP contribution in [-0.4, -0.2) is 11.6 Å². The van der Waals surface area contributed by atoms with Crippen LogP contribution in [0.5, 0.6) is 0 Å². The fraction of sp³-hybridized carbons (Fsp3) is 0.727. The number of rotatable bonds is 2. The van der Waals surface area contributed by atoms with E-state index in [1.807, 2.05) is 13.0 Å². The minimum atomic E-state index is 0.107. The lowest BCUT2D eigenvalue weighted by Crippen LogP contribution is -2.50. The van der Waals surface area contributed by atoms with Crippen molar-refractivity contribution in [3.05, 3.63) is 23.3 Å². The Morgan fingerprint density at radius 3 is 2.67 bits per heavy atom. The quantitative estimate of drug-likeness (QED) is 0.713. The van der Waals surface area contributed by atoms with Crippen LogP contribution in [0.25, 0.3) is 0 Å². The molecule has 0 amide bonds. The van der Waals surface area contributed by atoms with Gasteiger partial charge in [0.1, 0.15) is 0 Å². The summed E-state index contributed by atoms with van der Waals surface area (Å²) in [4.78, 5) is 24.3. The van der Waals surface area contributed by atoms with Crippen LogP contribution in [0.2, 0.25) is 0 Å². The van der Waals surface area contributed by atoms with Gasteiger partial charge in [0.2, 0.25) is 0 Å². The first-order valence-electron chi connectivity index (χ1n) is 9.88. The minimum absolute atomic E-state index is 0.107. The molecule has 0 aromatic rings. The number of carbonyl (C=O) groups excluding carboxylic acids is 2. The lowest BCUT2D eigenvalue weighted by atomic mass is 9.47. The van der Waals surface area contributed by atoms with E-state index in [9.17, 15) is 9.59 Å². The maximum Gasteiger partial charge on any atom is 0.158 e. The Bertz CT molecular complexity index is 655. The van der Waals surface area contributed by atoms with Crippen LogP contribution in [0.15, 0.2) is 23.3 Å². The van der Waals surface area contributed by atoms with Crippen molar-refractivity contribution in [2.45, 2.75) is 72.1 Å². The molecule has 5 atom stereocenters. The maximum atomic E-state index is 12.4. The summed E-state index contributed by atoms with van der Waals surface area (Å²) in [5.41, 5.74) is 2.91. The van der Waals surface area contributed by atoms with Crippen molar-refractivity contribution in [2.75, 3.05) is 0 Å². The molecule has 0 aliphatic heterocycles. The minimum Gasteiger partial charge on any atom is -0.295 e. The van der Waals surface area contributed by atoms with E-state index in [1.165, 1.54) is 18.4 Å². The highest BCUT2D eigenvalue weighted by Gasteiger charge is 2.57. The molecule has 4 aliphatic rings. The predicted molar refractivity (Wildman–Crippen MR) is 95.5 cm³/mol. The van der Waals surface area contributed by atoms with Crippen molar-refractivity contribution in [1.29, 1.82) is 0 Å². The zero-order valence-corrected chi connectivity index (χ0v) is 15.4. The summed E-state index contributed by atoms with van der Waals surface area (Å²) in [6.07, 6.45) is 12.4. The molecule has 0 spiro atoms. The summed E-state index contributed by atoms with van der Waals surface area (Å²) in [6.45, 7) is 6.77. The first kappa shape index (κ1) is 16.3. The standard InChI is InChI=1S/C22H30O2/c1-4-20(24)19-8-7-17-16-6-5-14-13-15(23)9-11-21(14,2)18(16)10-12-22(17,19)3/h8,13,16-18H,4-7,9-12H2,1-3H3/t16-,17-,18-,21-,22-/m0/s1. The van der Waals surface area contributed by atoms with Crippen molar-refractivity contribution in [2.24, 2.45) is 28.6 Å².